The van der Waals surface area contributed by atoms with E-state index in [1.807, 2.05) is 6.92 Å². The lowest BCUT2D eigenvalue weighted by molar-refractivity contribution is 0.0914. The highest BCUT2D eigenvalue weighted by atomic mass is 35.5. The predicted octanol–water partition coefficient (Wildman–Crippen LogP) is 6.30. The first kappa shape index (κ1) is 35.8. The average Bonchev–Trinajstić information content (AvgIpc) is 3.28. The van der Waals surface area contributed by atoms with Gasteiger partial charge in [-0.1, -0.05) is 0 Å². The number of sulfone groups is 1. The van der Waals surface area contributed by atoms with Gasteiger partial charge in [0.2, 0.25) is 0 Å². The van der Waals surface area contributed by atoms with E-state index in [-0.39, 0.29) is 23.2 Å². The van der Waals surface area contributed by atoms with Gasteiger partial charge in [-0.25, -0.2) is 8.42 Å². The van der Waals surface area contributed by atoms with Gasteiger partial charge in [-0.05, 0) is 76.0 Å². The molecule has 3 aromatic rings. The van der Waals surface area contributed by atoms with Crippen LogP contribution in [0.5, 0.6) is 17.2 Å². The molecule has 42 heavy (non-hydrogen) atoms. The van der Waals surface area contributed by atoms with Crippen LogP contribution in [-0.2, 0) is 36.4 Å². The van der Waals surface area contributed by atoms with Crippen LogP contribution in [0.3, 0.4) is 0 Å². The van der Waals surface area contributed by atoms with Gasteiger partial charge in [-0.2, -0.15) is 5.10 Å². The van der Waals surface area contributed by atoms with Crippen LogP contribution >= 0.6 is 25.9 Å². The Kier molecular flexibility index (Phi) is 13.1. The Hall–Kier alpha value is -2.42. The molecule has 232 valence electrons. The predicted molar refractivity (Wildman–Crippen MR) is 168 cm³/mol. The summed E-state index contributed by atoms with van der Waals surface area (Å²) in [5.74, 6) is 0.997. The Morgan fingerprint density at radius 1 is 0.976 bits per heavy atom. The first-order valence-electron chi connectivity index (χ1n) is 12.9. The van der Waals surface area contributed by atoms with Crippen molar-refractivity contribution in [1.29, 1.82) is 0 Å². The smallest absolute Gasteiger partial charge is 0.175 e. The Morgan fingerprint density at radius 3 is 2.10 bits per heavy atom. The molecule has 2 aromatic carbocycles. The fourth-order valence-electron chi connectivity index (χ4n) is 3.44. The zero-order chi connectivity index (χ0) is 31.7. The zero-order valence-electron chi connectivity index (χ0n) is 24.9. The highest BCUT2D eigenvalue weighted by Crippen LogP contribution is 2.37. The van der Waals surface area contributed by atoms with Crippen molar-refractivity contribution in [3.05, 3.63) is 66.0 Å². The molecule has 0 spiro atoms. The minimum absolute atomic E-state index is 0.0459. The molecule has 0 fully saturated rings. The number of halogens is 1. The number of Topliss-reactive ketones (excluding diaryl/α,β-unsaturated/α-hetero) is 1. The van der Waals surface area contributed by atoms with Crippen LogP contribution in [0.15, 0.2) is 59.6 Å². The summed E-state index contributed by atoms with van der Waals surface area (Å²) in [7, 11) is -5.94. The number of nitrogens with zero attached hydrogens (tertiary/aromatic N) is 2. The molecule has 0 unspecified atom stereocenters. The number of hydrogen-bond donors (Lipinski definition) is 0. The number of ketones is 1. The van der Waals surface area contributed by atoms with E-state index in [2.05, 4.69) is 5.10 Å². The number of rotatable bonds is 13. The maximum Gasteiger partial charge on any atom is 0.175 e. The minimum Gasteiger partial charge on any atom is -0.488 e. The average molecular weight is 661 g/mol. The Labute approximate surface area is 253 Å². The maximum absolute atomic E-state index is 13.1. The maximum atomic E-state index is 13.1. The van der Waals surface area contributed by atoms with Gasteiger partial charge in [0.25, 0.3) is 0 Å². The Morgan fingerprint density at radius 2 is 1.57 bits per heavy atom. The van der Waals surface area contributed by atoms with Crippen molar-refractivity contribution in [1.82, 2.24) is 9.78 Å². The third-order valence-electron chi connectivity index (χ3n) is 5.24. The number of hydrogen-bond acceptors (Lipinski definition) is 9. The molecule has 1 atom stereocenters. The van der Waals surface area contributed by atoms with E-state index >= 15 is 0 Å². The summed E-state index contributed by atoms with van der Waals surface area (Å²) in [6, 6.07) is 12.6. The van der Waals surface area contributed by atoms with E-state index in [1.165, 1.54) is 12.1 Å². The summed E-state index contributed by atoms with van der Waals surface area (Å²) in [4.78, 5) is 13.3. The van der Waals surface area contributed by atoms with E-state index < -0.39 is 24.1 Å². The molecule has 0 amide bonds. The van der Waals surface area contributed by atoms with Gasteiger partial charge in [-0.15, -0.1) is 11.6 Å². The number of carbonyl (C=O) groups excluding carboxylic acids is 1. The van der Waals surface area contributed by atoms with Gasteiger partial charge in [-0.3, -0.25) is 9.48 Å². The van der Waals surface area contributed by atoms with Crippen LogP contribution in [0.4, 0.5) is 0 Å². The summed E-state index contributed by atoms with van der Waals surface area (Å²) in [6.45, 7) is 8.91. The van der Waals surface area contributed by atoms with Crippen molar-refractivity contribution in [3.8, 4) is 17.2 Å². The van der Waals surface area contributed by atoms with E-state index in [4.69, 9.17) is 25.8 Å². The van der Waals surface area contributed by atoms with Crippen molar-refractivity contribution < 1.29 is 36.6 Å². The number of methoxy groups -OCH3 is 1. The lowest BCUT2D eigenvalue weighted by Crippen LogP contribution is -2.18. The van der Waals surface area contributed by atoms with Crippen LogP contribution in [0.25, 0.3) is 0 Å². The summed E-state index contributed by atoms with van der Waals surface area (Å²) >= 11 is 5.21. The second-order valence-corrected chi connectivity index (χ2v) is 20.3. The molecule has 0 radical (unpaired) electrons. The zero-order valence-corrected chi connectivity index (χ0v) is 28.3. The van der Waals surface area contributed by atoms with Crippen molar-refractivity contribution in [3.63, 3.8) is 0 Å². The first-order chi connectivity index (χ1) is 19.4. The quantitative estimate of drug-likeness (QED) is 0.118. The van der Waals surface area contributed by atoms with Crippen molar-refractivity contribution >= 4 is 41.5 Å². The number of alkyl halides is 1. The normalized spacial score (nSPS) is 12.7. The van der Waals surface area contributed by atoms with E-state index in [9.17, 15) is 22.3 Å². The third-order valence-corrected chi connectivity index (χ3v) is 9.64. The standard InChI is InChI=1S/C25H31N2O7PS.C3H8ClOP/c1-18(16-32-2)33-22-12-19(25(28)14-20-10-11-27(26-20)17-35(3,4)29)13-23(15-22)34-21-6-8-24(9-7-21)36(5,30)31;1-6(2,5)3-4/h6-13,15,18H,14,16-17H2,1-5H3;3H2,1-2H3/t18-;/m0./s1. The van der Waals surface area contributed by atoms with E-state index in [1.54, 1.807) is 81.0 Å². The van der Waals surface area contributed by atoms with Gasteiger partial charge in [0, 0.05) is 31.2 Å². The number of ether oxygens (including phenoxy) is 3. The molecule has 1 aromatic heterocycles. The largest absolute Gasteiger partial charge is 0.488 e. The SMILES string of the molecule is COC[C@H](C)Oc1cc(Oc2ccc(S(C)(=O)=O)cc2)cc(C(=O)Cc2ccn(CP(C)(C)=O)n2)c1.CP(C)(=O)CCl. The van der Waals surface area contributed by atoms with Crippen molar-refractivity contribution in [2.45, 2.75) is 30.6 Å². The molecule has 0 aliphatic heterocycles. The summed E-state index contributed by atoms with van der Waals surface area (Å²) in [5.41, 5.74) is 1.23. The molecule has 10 nitrogen and oxygen atoms in total. The first-order valence-corrected chi connectivity index (χ1v) is 20.9. The van der Waals surface area contributed by atoms with Crippen LogP contribution in [0, 0.1) is 0 Å². The fourth-order valence-corrected chi connectivity index (χ4v) is 4.93. The molecule has 14 heteroatoms. The van der Waals surface area contributed by atoms with Gasteiger partial charge in [0.1, 0.15) is 30.5 Å². The molecule has 1 heterocycles. The molecular formula is C28H39ClN2O8P2S. The highest BCUT2D eigenvalue weighted by molar-refractivity contribution is 7.90. The van der Waals surface area contributed by atoms with Gasteiger partial charge in [0.05, 0.1) is 42.7 Å². The van der Waals surface area contributed by atoms with E-state index in [0.717, 1.165) is 6.26 Å². The van der Waals surface area contributed by atoms with Crippen LogP contribution < -0.4 is 9.47 Å². The van der Waals surface area contributed by atoms with Crippen LogP contribution in [0.2, 0.25) is 0 Å². The molecule has 0 bridgehead atoms. The number of benzene rings is 2. The number of carbonyl (C=O) groups is 1. The highest BCUT2D eigenvalue weighted by Gasteiger charge is 2.16. The molecular weight excluding hydrogens is 622 g/mol. The molecule has 3 rings (SSSR count). The molecule has 0 aliphatic rings. The second kappa shape index (κ2) is 15.3. The van der Waals surface area contributed by atoms with Crippen LogP contribution in [0.1, 0.15) is 23.0 Å². The topological polar surface area (TPSA) is 131 Å². The van der Waals surface area contributed by atoms with Crippen LogP contribution in [-0.4, -0.2) is 82.3 Å². The van der Waals surface area contributed by atoms with E-state index in [0.29, 0.717) is 47.0 Å². The Bertz CT molecular complexity index is 1550. The lowest BCUT2D eigenvalue weighted by atomic mass is 10.1. The molecule has 0 saturated heterocycles. The molecule has 0 aliphatic carbocycles. The van der Waals surface area contributed by atoms with Gasteiger partial charge < -0.3 is 23.3 Å². The van der Waals surface area contributed by atoms with Gasteiger partial charge >= 0.3 is 0 Å². The fraction of sp³-hybridized carbons (Fsp3) is 0.429. The lowest BCUT2D eigenvalue weighted by Gasteiger charge is -2.16. The summed E-state index contributed by atoms with van der Waals surface area (Å²) in [6.07, 6.45) is 2.93. The monoisotopic (exact) mass is 660 g/mol. The van der Waals surface area contributed by atoms with Crippen molar-refractivity contribution in [2.75, 3.05) is 52.3 Å². The Balaban J connectivity index is 0.000000928. The molecule has 0 saturated carbocycles. The van der Waals surface area contributed by atoms with Crippen molar-refractivity contribution in [2.24, 2.45) is 0 Å². The number of aromatic nitrogens is 2. The van der Waals surface area contributed by atoms with Gasteiger partial charge in [0.15, 0.2) is 15.6 Å². The molecule has 0 N–H and O–H groups in total. The minimum atomic E-state index is -3.33. The summed E-state index contributed by atoms with van der Waals surface area (Å²) in [5, 5.41) is 4.37. The second-order valence-electron chi connectivity index (χ2n) is 10.8. The summed E-state index contributed by atoms with van der Waals surface area (Å²) < 4.78 is 64.5. The third kappa shape index (κ3) is 13.3.